The summed E-state index contributed by atoms with van der Waals surface area (Å²) in [6, 6.07) is 17.9. The Bertz CT molecular complexity index is 1130. The minimum absolute atomic E-state index is 0.0312. The lowest BCUT2D eigenvalue weighted by Gasteiger charge is -2.51. The Morgan fingerprint density at radius 2 is 1.62 bits per heavy atom. The fraction of sp³-hybridized carbons (Fsp3) is 0.533. The standard InChI is InChI=1S/C30H40N4O3/c1-32(2)30(23-10-5-4-6-11-23)18-16-28(17-19-30)22-33(25-13-8-7-12-24(25)26(31)35)27(36)34(28)21-20-29(37-3)14-9-15-29/h4-8,10-13H,9,14-22H2,1-3H3,(H2,31,35)/t28-,30-. The molecule has 1 spiro atoms. The minimum Gasteiger partial charge on any atom is -0.378 e. The van der Waals surface area contributed by atoms with Crippen LogP contribution < -0.4 is 10.6 Å². The van der Waals surface area contributed by atoms with Crippen molar-refractivity contribution in [3.8, 4) is 0 Å². The maximum Gasteiger partial charge on any atom is 0.325 e. The Morgan fingerprint density at radius 3 is 2.19 bits per heavy atom. The number of para-hydroxylation sites is 1. The predicted octanol–water partition coefficient (Wildman–Crippen LogP) is 4.76. The Hall–Kier alpha value is -2.90. The molecule has 0 radical (unpaired) electrons. The molecule has 0 atom stereocenters. The Balaban J connectivity index is 1.47. The van der Waals surface area contributed by atoms with Crippen molar-refractivity contribution < 1.29 is 14.3 Å². The highest BCUT2D eigenvalue weighted by Crippen LogP contribution is 2.50. The van der Waals surface area contributed by atoms with Gasteiger partial charge in [0.25, 0.3) is 5.91 Å². The molecule has 37 heavy (non-hydrogen) atoms. The van der Waals surface area contributed by atoms with Crippen LogP contribution in [0.3, 0.4) is 0 Å². The van der Waals surface area contributed by atoms with Crippen LogP contribution in [0.1, 0.15) is 67.3 Å². The highest BCUT2D eigenvalue weighted by atomic mass is 16.5. The van der Waals surface area contributed by atoms with Gasteiger partial charge in [-0.1, -0.05) is 42.5 Å². The molecule has 1 heterocycles. The van der Waals surface area contributed by atoms with Crippen molar-refractivity contribution in [2.45, 2.75) is 68.0 Å². The van der Waals surface area contributed by atoms with E-state index in [0.717, 1.165) is 44.9 Å². The minimum atomic E-state index is -0.511. The van der Waals surface area contributed by atoms with Gasteiger partial charge in [-0.05, 0) is 83.2 Å². The molecule has 0 unspecified atom stereocenters. The van der Waals surface area contributed by atoms with E-state index in [9.17, 15) is 9.59 Å². The molecule has 3 aliphatic rings. The number of anilines is 1. The van der Waals surface area contributed by atoms with Crippen LogP contribution in [0.5, 0.6) is 0 Å². The molecule has 3 amide bonds. The number of ether oxygens (including phenoxy) is 1. The molecule has 7 nitrogen and oxygen atoms in total. The van der Waals surface area contributed by atoms with Crippen molar-refractivity contribution in [1.82, 2.24) is 9.80 Å². The number of methoxy groups -OCH3 is 1. The fourth-order valence-electron chi connectivity index (χ4n) is 6.98. The van der Waals surface area contributed by atoms with E-state index in [-0.39, 0.29) is 22.7 Å². The molecule has 0 aromatic heterocycles. The van der Waals surface area contributed by atoms with E-state index in [1.54, 1.807) is 24.1 Å². The summed E-state index contributed by atoms with van der Waals surface area (Å²) in [5.74, 6) is -0.511. The second-order valence-electron chi connectivity index (χ2n) is 11.4. The average Bonchev–Trinajstić information content (AvgIpc) is 3.15. The first kappa shape index (κ1) is 25.7. The molecule has 198 valence electrons. The lowest BCUT2D eigenvalue weighted by Crippen LogP contribution is -2.56. The maximum atomic E-state index is 14.1. The molecule has 1 saturated heterocycles. The second-order valence-corrected chi connectivity index (χ2v) is 11.4. The molecule has 2 aliphatic carbocycles. The quantitative estimate of drug-likeness (QED) is 0.562. The molecule has 2 aromatic rings. The van der Waals surface area contributed by atoms with Gasteiger partial charge < -0.3 is 15.4 Å². The molecular formula is C30H40N4O3. The summed E-state index contributed by atoms with van der Waals surface area (Å²) < 4.78 is 5.91. The van der Waals surface area contributed by atoms with Gasteiger partial charge >= 0.3 is 6.03 Å². The summed E-state index contributed by atoms with van der Waals surface area (Å²) in [6.45, 7) is 1.22. The maximum absolute atomic E-state index is 14.1. The Morgan fingerprint density at radius 1 is 0.973 bits per heavy atom. The number of hydrogen-bond acceptors (Lipinski definition) is 4. The van der Waals surface area contributed by atoms with Crippen LogP contribution in [0.4, 0.5) is 10.5 Å². The zero-order chi connectivity index (χ0) is 26.3. The molecule has 1 aliphatic heterocycles. The topological polar surface area (TPSA) is 79.1 Å². The van der Waals surface area contributed by atoms with Crippen LogP contribution >= 0.6 is 0 Å². The molecule has 7 heteroatoms. The first-order valence-corrected chi connectivity index (χ1v) is 13.5. The van der Waals surface area contributed by atoms with Crippen LogP contribution in [-0.4, -0.2) is 67.2 Å². The summed E-state index contributed by atoms with van der Waals surface area (Å²) in [7, 11) is 6.12. The smallest absolute Gasteiger partial charge is 0.325 e. The van der Waals surface area contributed by atoms with Gasteiger partial charge in [0.1, 0.15) is 0 Å². The average molecular weight is 505 g/mol. The monoisotopic (exact) mass is 504 g/mol. The number of carbonyl (C=O) groups is 2. The van der Waals surface area contributed by atoms with Crippen LogP contribution in [0.15, 0.2) is 54.6 Å². The largest absolute Gasteiger partial charge is 0.378 e. The summed E-state index contributed by atoms with van der Waals surface area (Å²) in [5.41, 5.74) is 7.56. The van der Waals surface area contributed by atoms with Gasteiger partial charge in [0.2, 0.25) is 0 Å². The van der Waals surface area contributed by atoms with Gasteiger partial charge in [-0.2, -0.15) is 0 Å². The summed E-state index contributed by atoms with van der Waals surface area (Å²) in [4.78, 5) is 32.6. The van der Waals surface area contributed by atoms with Gasteiger partial charge in [-0.3, -0.25) is 14.6 Å². The molecular weight excluding hydrogens is 464 g/mol. The zero-order valence-corrected chi connectivity index (χ0v) is 22.4. The van der Waals surface area contributed by atoms with Crippen molar-refractivity contribution in [3.05, 3.63) is 65.7 Å². The van der Waals surface area contributed by atoms with Crippen LogP contribution in [0.2, 0.25) is 0 Å². The van der Waals surface area contributed by atoms with E-state index in [1.807, 2.05) is 12.1 Å². The molecule has 3 fully saturated rings. The molecule has 5 rings (SSSR count). The first-order chi connectivity index (χ1) is 17.8. The van der Waals surface area contributed by atoms with Crippen molar-refractivity contribution in [3.63, 3.8) is 0 Å². The third-order valence-electron chi connectivity index (χ3n) is 9.61. The van der Waals surface area contributed by atoms with Crippen LogP contribution in [0.25, 0.3) is 0 Å². The number of nitrogens with two attached hydrogens (primary N) is 1. The third-order valence-corrected chi connectivity index (χ3v) is 9.61. The zero-order valence-electron chi connectivity index (χ0n) is 22.4. The lowest BCUT2D eigenvalue weighted by molar-refractivity contribution is -0.0844. The number of primary amides is 1. The molecule has 2 saturated carbocycles. The lowest BCUT2D eigenvalue weighted by atomic mass is 9.68. The van der Waals surface area contributed by atoms with E-state index >= 15 is 0 Å². The van der Waals surface area contributed by atoms with Crippen molar-refractivity contribution >= 4 is 17.6 Å². The number of rotatable bonds is 8. The van der Waals surface area contributed by atoms with E-state index in [4.69, 9.17) is 10.5 Å². The number of benzene rings is 2. The summed E-state index contributed by atoms with van der Waals surface area (Å²) in [6.07, 6.45) is 7.79. The SMILES string of the molecule is COC1(CCN2C(=O)N(c3ccccc3C(N)=O)C[C@]23CC[C@@](c2ccccc2)(N(C)C)CC3)CCC1. The normalized spacial score (nSPS) is 27.1. The Labute approximate surface area is 220 Å². The van der Waals surface area contributed by atoms with Crippen molar-refractivity contribution in [2.24, 2.45) is 5.73 Å². The third kappa shape index (κ3) is 4.32. The number of amides is 3. The van der Waals surface area contributed by atoms with E-state index in [0.29, 0.717) is 24.3 Å². The van der Waals surface area contributed by atoms with Gasteiger partial charge in [0.15, 0.2) is 0 Å². The van der Waals surface area contributed by atoms with Gasteiger partial charge in [-0.25, -0.2) is 4.79 Å². The van der Waals surface area contributed by atoms with Crippen LogP contribution in [-0.2, 0) is 10.3 Å². The number of urea groups is 1. The van der Waals surface area contributed by atoms with E-state index < -0.39 is 5.91 Å². The first-order valence-electron chi connectivity index (χ1n) is 13.5. The number of hydrogen-bond donors (Lipinski definition) is 1. The highest BCUT2D eigenvalue weighted by Gasteiger charge is 2.55. The summed E-state index contributed by atoms with van der Waals surface area (Å²) >= 11 is 0. The molecule has 2 aromatic carbocycles. The van der Waals surface area contributed by atoms with E-state index in [1.165, 1.54) is 12.0 Å². The van der Waals surface area contributed by atoms with E-state index in [2.05, 4.69) is 54.2 Å². The molecule has 2 N–H and O–H groups in total. The second kappa shape index (κ2) is 9.76. The number of carbonyl (C=O) groups excluding carboxylic acids is 2. The van der Waals surface area contributed by atoms with Gasteiger partial charge in [0.05, 0.1) is 28.9 Å². The highest BCUT2D eigenvalue weighted by molar-refractivity contribution is 6.05. The predicted molar refractivity (Wildman–Crippen MR) is 146 cm³/mol. The van der Waals surface area contributed by atoms with Gasteiger partial charge in [-0.15, -0.1) is 0 Å². The molecule has 0 bridgehead atoms. The Kier molecular flexibility index (Phi) is 6.79. The van der Waals surface area contributed by atoms with Gasteiger partial charge in [0, 0.05) is 19.2 Å². The number of nitrogens with zero attached hydrogens (tertiary/aromatic N) is 3. The van der Waals surface area contributed by atoms with Crippen molar-refractivity contribution in [1.29, 1.82) is 0 Å². The fourth-order valence-corrected chi connectivity index (χ4v) is 6.98. The van der Waals surface area contributed by atoms with Crippen molar-refractivity contribution in [2.75, 3.05) is 39.2 Å². The summed E-state index contributed by atoms with van der Waals surface area (Å²) in [5, 5.41) is 0. The van der Waals surface area contributed by atoms with Crippen LogP contribution in [0, 0.1) is 0 Å².